The highest BCUT2D eigenvalue weighted by molar-refractivity contribution is 6.42. The van der Waals surface area contributed by atoms with Crippen LogP contribution >= 0.6 is 23.2 Å². The van der Waals surface area contributed by atoms with Crippen LogP contribution in [0.1, 0.15) is 0 Å². The number of halogens is 2. The first-order chi connectivity index (χ1) is 7.42. The molecular formula is C9H8Cl2N2O3. The minimum atomic E-state index is -1.20. The second kappa shape index (κ2) is 3.78. The second-order valence-electron chi connectivity index (χ2n) is 3.47. The Kier molecular flexibility index (Phi) is 2.71. The van der Waals surface area contributed by atoms with Crippen LogP contribution in [0.4, 0.5) is 10.5 Å². The summed E-state index contributed by atoms with van der Waals surface area (Å²) in [6, 6.07) is 4.36. The molecule has 86 valence electrons. The molecular weight excluding hydrogens is 255 g/mol. The van der Waals surface area contributed by atoms with Gasteiger partial charge in [0.15, 0.2) is 5.69 Å². The van der Waals surface area contributed by atoms with Crippen LogP contribution in [-0.2, 0) is 4.84 Å². The third kappa shape index (κ3) is 1.82. The summed E-state index contributed by atoms with van der Waals surface area (Å²) < 4.78 is 0. The standard InChI is InChI=1S/C9H8Cl2N2O3/c1-12-5-13(15,16-9(12)14)6-2-3-7(10)8(11)4-6/h2-4H,5H2,1H3. The maximum atomic E-state index is 12.1. The van der Waals surface area contributed by atoms with Gasteiger partial charge in [-0.1, -0.05) is 23.2 Å². The van der Waals surface area contributed by atoms with Crippen molar-refractivity contribution < 1.29 is 9.63 Å². The van der Waals surface area contributed by atoms with Crippen molar-refractivity contribution in [3.05, 3.63) is 33.5 Å². The van der Waals surface area contributed by atoms with Crippen LogP contribution < -0.4 is 4.81 Å². The minimum Gasteiger partial charge on any atom is -0.582 e. The fraction of sp³-hybridized carbons (Fsp3) is 0.222. The molecule has 7 heteroatoms. The summed E-state index contributed by atoms with van der Waals surface area (Å²) in [5.74, 6) is 0. The Labute approximate surface area is 102 Å². The van der Waals surface area contributed by atoms with Gasteiger partial charge in [0, 0.05) is 19.2 Å². The average Bonchev–Trinajstić information content (AvgIpc) is 2.46. The van der Waals surface area contributed by atoms with Gasteiger partial charge in [-0.15, -0.1) is 4.81 Å². The normalized spacial score (nSPS) is 24.8. The third-order valence-corrected chi connectivity index (χ3v) is 2.97. The molecule has 0 aromatic heterocycles. The first kappa shape index (κ1) is 11.5. The smallest absolute Gasteiger partial charge is 0.469 e. The van der Waals surface area contributed by atoms with Crippen molar-refractivity contribution in [1.29, 1.82) is 0 Å². The average molecular weight is 263 g/mol. The number of rotatable bonds is 1. The van der Waals surface area contributed by atoms with Gasteiger partial charge >= 0.3 is 6.09 Å². The van der Waals surface area contributed by atoms with Crippen molar-refractivity contribution in [2.45, 2.75) is 0 Å². The van der Waals surface area contributed by atoms with Crippen LogP contribution in [-0.4, -0.2) is 24.7 Å². The molecule has 5 nitrogen and oxygen atoms in total. The molecule has 0 saturated carbocycles. The van der Waals surface area contributed by atoms with Crippen molar-refractivity contribution in [1.82, 2.24) is 9.71 Å². The lowest BCUT2D eigenvalue weighted by Gasteiger charge is -2.30. The van der Waals surface area contributed by atoms with Gasteiger partial charge in [0.05, 0.1) is 10.0 Å². The minimum absolute atomic E-state index is 0.114. The van der Waals surface area contributed by atoms with Crippen LogP contribution in [0.2, 0.25) is 10.0 Å². The molecule has 1 fully saturated rings. The Morgan fingerprint density at radius 1 is 1.44 bits per heavy atom. The number of hydrogen-bond acceptors (Lipinski definition) is 3. The van der Waals surface area contributed by atoms with Crippen molar-refractivity contribution in [3.8, 4) is 0 Å². The molecule has 1 aromatic carbocycles. The highest BCUT2D eigenvalue weighted by Crippen LogP contribution is 2.33. The zero-order chi connectivity index (χ0) is 11.9. The van der Waals surface area contributed by atoms with E-state index in [0.29, 0.717) is 5.02 Å². The molecule has 1 unspecified atom stereocenters. The summed E-state index contributed by atoms with van der Waals surface area (Å²) in [6.07, 6.45) is -0.666. The quantitative estimate of drug-likeness (QED) is 0.578. The summed E-state index contributed by atoms with van der Waals surface area (Å²) >= 11 is 11.5. The maximum Gasteiger partial charge on any atom is 0.469 e. The van der Waals surface area contributed by atoms with Crippen LogP contribution in [0, 0.1) is 5.21 Å². The van der Waals surface area contributed by atoms with Gasteiger partial charge in [-0.3, -0.25) is 4.90 Å². The zero-order valence-electron chi connectivity index (χ0n) is 8.31. The van der Waals surface area contributed by atoms with E-state index in [2.05, 4.69) is 0 Å². The fourth-order valence-electron chi connectivity index (χ4n) is 1.39. The highest BCUT2D eigenvalue weighted by atomic mass is 35.5. The number of carbonyl (C=O) groups excluding carboxylic acids is 1. The molecule has 1 aliphatic heterocycles. The van der Waals surface area contributed by atoms with Gasteiger partial charge in [-0.2, -0.15) is 0 Å². The van der Waals surface area contributed by atoms with Gasteiger partial charge in [0.25, 0.3) is 0 Å². The lowest BCUT2D eigenvalue weighted by Crippen LogP contribution is -2.40. The van der Waals surface area contributed by atoms with Crippen molar-refractivity contribution >= 4 is 35.0 Å². The van der Waals surface area contributed by atoms with Gasteiger partial charge in [0.2, 0.25) is 6.67 Å². The van der Waals surface area contributed by atoms with E-state index in [4.69, 9.17) is 28.0 Å². The fourth-order valence-corrected chi connectivity index (χ4v) is 1.69. The summed E-state index contributed by atoms with van der Waals surface area (Å²) in [5, 5.41) is 12.7. The molecule has 1 amide bonds. The zero-order valence-corrected chi connectivity index (χ0v) is 9.83. The summed E-state index contributed by atoms with van der Waals surface area (Å²) in [5.41, 5.74) is 0.229. The van der Waals surface area contributed by atoms with Crippen molar-refractivity contribution in [2.75, 3.05) is 13.7 Å². The highest BCUT2D eigenvalue weighted by Gasteiger charge is 2.39. The monoisotopic (exact) mass is 262 g/mol. The van der Waals surface area contributed by atoms with E-state index in [1.165, 1.54) is 30.1 Å². The molecule has 0 bridgehead atoms. The number of amides is 1. The molecule has 1 aromatic rings. The predicted molar refractivity (Wildman–Crippen MR) is 60.7 cm³/mol. The molecule has 1 atom stereocenters. The third-order valence-electron chi connectivity index (χ3n) is 2.23. The van der Waals surface area contributed by atoms with Crippen LogP contribution in [0.3, 0.4) is 0 Å². The topological polar surface area (TPSA) is 52.6 Å². The Morgan fingerprint density at radius 2 is 2.12 bits per heavy atom. The first-order valence-electron chi connectivity index (χ1n) is 4.42. The molecule has 0 aliphatic carbocycles. The van der Waals surface area contributed by atoms with Gasteiger partial charge in [-0.05, 0) is 6.07 Å². The number of carbonyl (C=O) groups is 1. The van der Waals surface area contributed by atoms with Crippen LogP contribution in [0.15, 0.2) is 18.2 Å². The molecule has 16 heavy (non-hydrogen) atoms. The van der Waals surface area contributed by atoms with E-state index in [9.17, 15) is 10.0 Å². The number of quaternary nitrogens is 1. The number of nitrogens with zero attached hydrogens (tertiary/aromatic N) is 2. The Morgan fingerprint density at radius 3 is 2.62 bits per heavy atom. The van der Waals surface area contributed by atoms with E-state index in [1.807, 2.05) is 0 Å². The first-order valence-corrected chi connectivity index (χ1v) is 5.17. The lowest BCUT2D eigenvalue weighted by atomic mass is 10.3. The predicted octanol–water partition coefficient (Wildman–Crippen LogP) is 2.75. The molecule has 0 radical (unpaired) electrons. The van der Waals surface area contributed by atoms with Crippen molar-refractivity contribution in [2.24, 2.45) is 0 Å². The Bertz CT molecular complexity index is 454. The van der Waals surface area contributed by atoms with Gasteiger partial charge in [0.1, 0.15) is 0 Å². The largest absolute Gasteiger partial charge is 0.582 e. The Hall–Kier alpha value is -1.01. The van der Waals surface area contributed by atoms with Crippen LogP contribution in [0.5, 0.6) is 0 Å². The van der Waals surface area contributed by atoms with E-state index >= 15 is 0 Å². The van der Waals surface area contributed by atoms with Gasteiger partial charge < -0.3 is 5.21 Å². The van der Waals surface area contributed by atoms with Crippen molar-refractivity contribution in [3.63, 3.8) is 0 Å². The summed E-state index contributed by atoms with van der Waals surface area (Å²) in [6.45, 7) is -0.114. The Balaban J connectivity index is 2.37. The lowest BCUT2D eigenvalue weighted by molar-refractivity contribution is -0.00747. The molecule has 1 aliphatic rings. The van der Waals surface area contributed by atoms with E-state index < -0.39 is 10.9 Å². The van der Waals surface area contributed by atoms with E-state index in [-0.39, 0.29) is 17.4 Å². The molecule has 2 rings (SSSR count). The SMILES string of the molecule is CN1C[N+]([O-])(c2ccc(Cl)c(Cl)c2)OC1=O. The molecule has 1 heterocycles. The summed E-state index contributed by atoms with van der Waals surface area (Å²) in [4.78, 5) is 15.8. The maximum absolute atomic E-state index is 12.1. The number of hydroxylamine groups is 2. The molecule has 0 N–H and O–H groups in total. The summed E-state index contributed by atoms with van der Waals surface area (Å²) in [7, 11) is 1.48. The van der Waals surface area contributed by atoms with E-state index in [0.717, 1.165) is 0 Å². The van der Waals surface area contributed by atoms with Crippen LogP contribution in [0.25, 0.3) is 0 Å². The molecule has 0 spiro atoms. The molecule has 1 saturated heterocycles. The van der Waals surface area contributed by atoms with Gasteiger partial charge in [-0.25, -0.2) is 9.63 Å². The van der Waals surface area contributed by atoms with E-state index in [1.54, 1.807) is 0 Å². The number of benzene rings is 1. The number of hydrogen-bond donors (Lipinski definition) is 0. The second-order valence-corrected chi connectivity index (χ2v) is 4.28.